The van der Waals surface area contributed by atoms with Gasteiger partial charge in [-0.1, -0.05) is 31.5 Å². The summed E-state index contributed by atoms with van der Waals surface area (Å²) in [7, 11) is 0. The molecular weight excluding hydrogens is 322 g/mol. The van der Waals surface area contributed by atoms with Crippen molar-refractivity contribution in [1.29, 1.82) is 0 Å². The second-order valence-electron chi connectivity index (χ2n) is 6.60. The number of carbonyl (C=O) groups excluding carboxylic acids is 2. The van der Waals surface area contributed by atoms with Crippen molar-refractivity contribution in [2.75, 3.05) is 11.9 Å². The maximum absolute atomic E-state index is 12.9. The lowest BCUT2D eigenvalue weighted by atomic mass is 9.73. The molecule has 7 heteroatoms. The van der Waals surface area contributed by atoms with Gasteiger partial charge in [-0.05, 0) is 24.5 Å². The topological polar surface area (TPSA) is 95.4 Å². The van der Waals surface area contributed by atoms with Crippen LogP contribution in [0.2, 0.25) is 0 Å². The molecule has 130 valence electrons. The number of rotatable bonds is 3. The smallest absolute Gasteiger partial charge is 0.292 e. The molecule has 2 aromatic rings. The van der Waals surface area contributed by atoms with Gasteiger partial charge in [0.25, 0.3) is 11.5 Å². The van der Waals surface area contributed by atoms with Crippen LogP contribution < -0.4 is 10.9 Å². The van der Waals surface area contributed by atoms with Crippen molar-refractivity contribution < 1.29 is 14.1 Å². The molecule has 2 amide bonds. The first-order valence-electron chi connectivity index (χ1n) is 8.48. The number of carbonyl (C=O) groups is 2. The van der Waals surface area contributed by atoms with E-state index in [9.17, 15) is 14.4 Å². The molecule has 1 spiro atoms. The first-order chi connectivity index (χ1) is 12.1. The second-order valence-corrected chi connectivity index (χ2v) is 6.60. The van der Waals surface area contributed by atoms with Gasteiger partial charge in [0.05, 0.1) is 17.5 Å². The maximum atomic E-state index is 12.9. The van der Waals surface area contributed by atoms with Crippen LogP contribution in [0.4, 0.5) is 5.69 Å². The van der Waals surface area contributed by atoms with Gasteiger partial charge in [-0.3, -0.25) is 14.4 Å². The summed E-state index contributed by atoms with van der Waals surface area (Å²) in [4.78, 5) is 38.7. The molecule has 1 aromatic heterocycles. The molecular formula is C18H19N3O4. The third-order valence-corrected chi connectivity index (χ3v) is 5.31. The normalized spacial score (nSPS) is 24.6. The number of H-pyrrole nitrogens is 1. The van der Waals surface area contributed by atoms with E-state index >= 15 is 0 Å². The van der Waals surface area contributed by atoms with Crippen LogP contribution in [-0.2, 0) is 10.2 Å². The predicted molar refractivity (Wildman–Crippen MR) is 90.4 cm³/mol. The van der Waals surface area contributed by atoms with Crippen molar-refractivity contribution in [3.63, 3.8) is 0 Å². The van der Waals surface area contributed by atoms with Crippen molar-refractivity contribution in [2.24, 2.45) is 0 Å². The van der Waals surface area contributed by atoms with Gasteiger partial charge in [0.1, 0.15) is 0 Å². The summed E-state index contributed by atoms with van der Waals surface area (Å²) in [5.41, 5.74) is 0.576. The number of hydrogen-bond acceptors (Lipinski definition) is 4. The Hall–Kier alpha value is -2.83. The van der Waals surface area contributed by atoms with Gasteiger partial charge < -0.3 is 14.7 Å². The van der Waals surface area contributed by atoms with Crippen molar-refractivity contribution in [3.8, 4) is 0 Å². The average molecular weight is 341 g/mol. The Morgan fingerprint density at radius 2 is 2.16 bits per heavy atom. The monoisotopic (exact) mass is 341 g/mol. The third-order valence-electron chi connectivity index (χ3n) is 5.31. The zero-order chi connectivity index (χ0) is 17.6. The number of fused-ring (bicyclic) bond motifs is 2. The fraction of sp³-hybridized carbons (Fsp3) is 0.389. The van der Waals surface area contributed by atoms with Gasteiger partial charge >= 0.3 is 0 Å². The molecule has 0 radical (unpaired) electrons. The summed E-state index contributed by atoms with van der Waals surface area (Å²) in [6.45, 7) is 2.48. The van der Waals surface area contributed by atoms with Crippen LogP contribution in [0.5, 0.6) is 0 Å². The molecule has 25 heavy (non-hydrogen) atoms. The Labute approximate surface area is 144 Å². The molecule has 2 N–H and O–H groups in total. The van der Waals surface area contributed by atoms with Crippen LogP contribution in [0, 0.1) is 0 Å². The van der Waals surface area contributed by atoms with Crippen LogP contribution >= 0.6 is 0 Å². The summed E-state index contributed by atoms with van der Waals surface area (Å²) in [6, 6.07) is 8.53. The number of amides is 2. The van der Waals surface area contributed by atoms with E-state index in [0.717, 1.165) is 23.7 Å². The molecule has 4 rings (SSSR count). The minimum absolute atomic E-state index is 0.0187. The number of benzene rings is 1. The number of anilines is 1. The summed E-state index contributed by atoms with van der Waals surface area (Å²) < 4.78 is 4.98. The highest BCUT2D eigenvalue weighted by molar-refractivity contribution is 6.08. The van der Waals surface area contributed by atoms with E-state index in [1.165, 1.54) is 0 Å². The van der Waals surface area contributed by atoms with Gasteiger partial charge in [-0.2, -0.15) is 5.16 Å². The number of para-hydroxylation sites is 1. The number of aromatic nitrogens is 1. The molecule has 0 aliphatic carbocycles. The zero-order valence-corrected chi connectivity index (χ0v) is 13.9. The van der Waals surface area contributed by atoms with Crippen LogP contribution in [0.1, 0.15) is 42.3 Å². The van der Waals surface area contributed by atoms with Crippen LogP contribution in [0.25, 0.3) is 0 Å². The van der Waals surface area contributed by atoms with E-state index in [1.54, 1.807) is 4.90 Å². The van der Waals surface area contributed by atoms with Crippen molar-refractivity contribution in [3.05, 3.63) is 52.0 Å². The zero-order valence-electron chi connectivity index (χ0n) is 13.9. The summed E-state index contributed by atoms with van der Waals surface area (Å²) in [6.07, 6.45) is 2.09. The molecule has 0 unspecified atom stereocenters. The first kappa shape index (κ1) is 15.7. The quantitative estimate of drug-likeness (QED) is 0.891. The average Bonchev–Trinajstić information content (AvgIpc) is 3.27. The second kappa shape index (κ2) is 5.61. The maximum Gasteiger partial charge on any atom is 0.292 e. The number of nitrogens with zero attached hydrogens (tertiary/aromatic N) is 1. The molecule has 7 nitrogen and oxygen atoms in total. The summed E-state index contributed by atoms with van der Waals surface area (Å²) in [5.74, 6) is -0.432. The molecule has 0 saturated carbocycles. The molecule has 1 aromatic carbocycles. The molecule has 0 bridgehead atoms. The largest absolute Gasteiger partial charge is 0.373 e. The lowest BCUT2D eigenvalue weighted by molar-refractivity contribution is -0.121. The Balaban J connectivity index is 1.77. The fourth-order valence-electron chi connectivity index (χ4n) is 4.25. The predicted octanol–water partition coefficient (Wildman–Crippen LogP) is 1.87. The minimum Gasteiger partial charge on any atom is -0.373 e. The Morgan fingerprint density at radius 1 is 1.36 bits per heavy atom. The van der Waals surface area contributed by atoms with Crippen molar-refractivity contribution in [1.82, 2.24) is 10.1 Å². The fourth-order valence-corrected chi connectivity index (χ4v) is 4.25. The van der Waals surface area contributed by atoms with E-state index < -0.39 is 11.0 Å². The number of hydrogen-bond donors (Lipinski definition) is 2. The molecule has 2 aliphatic heterocycles. The van der Waals surface area contributed by atoms with Gasteiger partial charge in [0.15, 0.2) is 0 Å². The summed E-state index contributed by atoms with van der Waals surface area (Å²) in [5, 5.41) is 5.11. The highest BCUT2D eigenvalue weighted by atomic mass is 16.5. The van der Waals surface area contributed by atoms with E-state index in [-0.39, 0.29) is 23.6 Å². The highest BCUT2D eigenvalue weighted by Crippen LogP contribution is 2.49. The van der Waals surface area contributed by atoms with Gasteiger partial charge in [0, 0.05) is 12.2 Å². The van der Waals surface area contributed by atoms with E-state index in [4.69, 9.17) is 4.52 Å². The molecule has 3 heterocycles. The Kier molecular flexibility index (Phi) is 3.52. The van der Waals surface area contributed by atoms with E-state index in [0.29, 0.717) is 19.4 Å². The number of aromatic amines is 1. The van der Waals surface area contributed by atoms with Crippen LogP contribution in [0.15, 0.2) is 39.6 Å². The first-order valence-corrected chi connectivity index (χ1v) is 8.48. The molecule has 1 fully saturated rings. The van der Waals surface area contributed by atoms with E-state index in [1.807, 2.05) is 31.2 Å². The Morgan fingerprint density at radius 3 is 2.88 bits per heavy atom. The van der Waals surface area contributed by atoms with Crippen molar-refractivity contribution >= 4 is 17.5 Å². The SMILES string of the molecule is CCC[C@@H]1N(C(=O)c2cc(=O)[nH]o2)CC[C@]12C(=O)Nc1ccccc12. The minimum atomic E-state index is -0.737. The summed E-state index contributed by atoms with van der Waals surface area (Å²) >= 11 is 0. The highest BCUT2D eigenvalue weighted by Gasteiger charge is 2.58. The van der Waals surface area contributed by atoms with Crippen LogP contribution in [0.3, 0.4) is 0 Å². The molecule has 1 saturated heterocycles. The Bertz CT molecular complexity index is 899. The lowest BCUT2D eigenvalue weighted by Crippen LogP contribution is -2.48. The van der Waals surface area contributed by atoms with Crippen LogP contribution in [-0.4, -0.2) is 34.5 Å². The van der Waals surface area contributed by atoms with Gasteiger partial charge in [-0.25, -0.2) is 0 Å². The standard InChI is InChI=1S/C18H19N3O4/c1-2-5-14-18(11-6-3-4-7-12(11)19-17(18)24)8-9-21(14)16(23)13-10-15(22)20-25-13/h3-4,6-7,10,14H,2,5,8-9H2,1H3,(H,19,24)(H,20,22)/t14-,18+/m0/s1. The number of likely N-dealkylation sites (tertiary alicyclic amines) is 1. The van der Waals surface area contributed by atoms with E-state index in [2.05, 4.69) is 10.5 Å². The van der Waals surface area contributed by atoms with Crippen molar-refractivity contribution in [2.45, 2.75) is 37.6 Å². The third kappa shape index (κ3) is 2.15. The van der Waals surface area contributed by atoms with Gasteiger partial charge in [0.2, 0.25) is 11.7 Å². The number of nitrogens with one attached hydrogen (secondary N) is 2. The lowest BCUT2D eigenvalue weighted by Gasteiger charge is -2.33. The molecule has 2 aliphatic rings. The van der Waals surface area contributed by atoms with Gasteiger partial charge in [-0.15, -0.1) is 0 Å². The molecule has 2 atom stereocenters.